The van der Waals surface area contributed by atoms with Crippen molar-refractivity contribution in [3.05, 3.63) is 24.3 Å². The van der Waals surface area contributed by atoms with E-state index in [0.29, 0.717) is 0 Å². The predicted molar refractivity (Wildman–Crippen MR) is 74.0 cm³/mol. The molecule has 1 unspecified atom stereocenters. The van der Waals surface area contributed by atoms with E-state index in [2.05, 4.69) is 14.8 Å². The lowest BCUT2D eigenvalue weighted by Crippen LogP contribution is -2.43. The first-order chi connectivity index (χ1) is 10.3. The molecule has 1 aliphatic rings. The van der Waals surface area contributed by atoms with Gasteiger partial charge in [0.1, 0.15) is 10.6 Å². The van der Waals surface area contributed by atoms with Gasteiger partial charge in [0.2, 0.25) is 10.0 Å². The summed E-state index contributed by atoms with van der Waals surface area (Å²) in [4.78, 5) is -0.525. The second kappa shape index (κ2) is 6.84. The molecule has 1 fully saturated rings. The van der Waals surface area contributed by atoms with Crippen LogP contribution in [0.25, 0.3) is 0 Å². The summed E-state index contributed by atoms with van der Waals surface area (Å²) in [5, 5.41) is 3.16. The molecule has 1 aromatic carbocycles. The van der Waals surface area contributed by atoms with Crippen LogP contribution in [0.4, 0.5) is 13.2 Å². The zero-order valence-corrected chi connectivity index (χ0v) is 12.5. The first kappa shape index (κ1) is 17.0. The number of benzene rings is 1. The van der Waals surface area contributed by atoms with Crippen molar-refractivity contribution >= 4 is 10.0 Å². The molecule has 22 heavy (non-hydrogen) atoms. The Morgan fingerprint density at radius 2 is 2.00 bits per heavy atom. The van der Waals surface area contributed by atoms with Crippen molar-refractivity contribution in [3.8, 4) is 5.75 Å². The molecule has 1 atom stereocenters. The van der Waals surface area contributed by atoms with Crippen molar-refractivity contribution < 1.29 is 26.3 Å². The Bertz CT molecular complexity index is 599. The summed E-state index contributed by atoms with van der Waals surface area (Å²) in [6.45, 7) is 0.933. The van der Waals surface area contributed by atoms with E-state index in [-0.39, 0.29) is 12.6 Å². The molecular formula is C13H17F3N2O3S. The van der Waals surface area contributed by atoms with E-state index in [0.717, 1.165) is 37.9 Å². The average Bonchev–Trinajstić information content (AvgIpc) is 2.45. The van der Waals surface area contributed by atoms with Crippen LogP contribution in [0.3, 0.4) is 0 Å². The summed E-state index contributed by atoms with van der Waals surface area (Å²) in [6.07, 6.45) is -2.10. The molecule has 0 aliphatic carbocycles. The Morgan fingerprint density at radius 1 is 1.27 bits per heavy atom. The normalized spacial score (nSPS) is 19.9. The van der Waals surface area contributed by atoms with Crippen molar-refractivity contribution in [2.75, 3.05) is 13.1 Å². The van der Waals surface area contributed by atoms with E-state index in [4.69, 9.17) is 0 Å². The van der Waals surface area contributed by atoms with E-state index in [1.807, 2.05) is 0 Å². The molecule has 1 heterocycles. The van der Waals surface area contributed by atoms with E-state index in [1.165, 1.54) is 12.1 Å². The van der Waals surface area contributed by atoms with Gasteiger partial charge in [-0.3, -0.25) is 0 Å². The molecule has 0 bridgehead atoms. The van der Waals surface area contributed by atoms with Crippen LogP contribution >= 0.6 is 0 Å². The summed E-state index contributed by atoms with van der Waals surface area (Å²) in [7, 11) is -4.08. The highest BCUT2D eigenvalue weighted by Gasteiger charge is 2.34. The van der Waals surface area contributed by atoms with E-state index in [1.54, 1.807) is 0 Å². The number of hydrogen-bond donors (Lipinski definition) is 2. The molecule has 1 aromatic rings. The second-order valence-corrected chi connectivity index (χ2v) is 6.73. The van der Waals surface area contributed by atoms with Gasteiger partial charge in [-0.1, -0.05) is 18.6 Å². The van der Waals surface area contributed by atoms with Gasteiger partial charge in [-0.2, -0.15) is 0 Å². The van der Waals surface area contributed by atoms with Crippen LogP contribution in [0.15, 0.2) is 29.2 Å². The maximum absolute atomic E-state index is 12.3. The van der Waals surface area contributed by atoms with Gasteiger partial charge in [0.15, 0.2) is 0 Å². The predicted octanol–water partition coefficient (Wildman–Crippen LogP) is 2.01. The van der Waals surface area contributed by atoms with Gasteiger partial charge in [-0.05, 0) is 31.5 Å². The number of para-hydroxylation sites is 1. The quantitative estimate of drug-likeness (QED) is 0.862. The molecule has 0 amide bonds. The van der Waals surface area contributed by atoms with Crippen molar-refractivity contribution in [3.63, 3.8) is 0 Å². The SMILES string of the molecule is O=S(=O)(NCC1CCCCN1)c1ccccc1OC(F)(F)F. The molecule has 0 radical (unpaired) electrons. The van der Waals surface area contributed by atoms with Crippen LogP contribution in [0.1, 0.15) is 19.3 Å². The minimum Gasteiger partial charge on any atom is -0.404 e. The molecule has 0 aromatic heterocycles. The Kier molecular flexibility index (Phi) is 5.30. The van der Waals surface area contributed by atoms with E-state index >= 15 is 0 Å². The van der Waals surface area contributed by atoms with Gasteiger partial charge in [0, 0.05) is 12.6 Å². The first-order valence-corrected chi connectivity index (χ1v) is 8.34. The van der Waals surface area contributed by atoms with Gasteiger partial charge in [0.05, 0.1) is 0 Å². The number of hydrogen-bond acceptors (Lipinski definition) is 4. The summed E-state index contributed by atoms with van der Waals surface area (Å²) in [5.74, 6) is -0.737. The number of sulfonamides is 1. The summed E-state index contributed by atoms with van der Waals surface area (Å²) in [5.41, 5.74) is 0. The third-order valence-corrected chi connectivity index (χ3v) is 4.76. The summed E-state index contributed by atoms with van der Waals surface area (Å²) < 4.78 is 67.5. The molecule has 9 heteroatoms. The maximum Gasteiger partial charge on any atom is 0.573 e. The fourth-order valence-corrected chi connectivity index (χ4v) is 3.48. The smallest absolute Gasteiger partial charge is 0.404 e. The maximum atomic E-state index is 12.3. The topological polar surface area (TPSA) is 67.4 Å². The molecule has 5 nitrogen and oxygen atoms in total. The Labute approximate surface area is 126 Å². The third-order valence-electron chi connectivity index (χ3n) is 3.30. The highest BCUT2D eigenvalue weighted by Crippen LogP contribution is 2.29. The number of alkyl halides is 3. The Balaban J connectivity index is 2.11. The fraction of sp³-hybridized carbons (Fsp3) is 0.538. The van der Waals surface area contributed by atoms with Gasteiger partial charge in [-0.15, -0.1) is 13.2 Å². The Hall–Kier alpha value is -1.32. The zero-order chi connectivity index (χ0) is 16.2. The number of nitrogens with one attached hydrogen (secondary N) is 2. The van der Waals surface area contributed by atoms with Crippen LogP contribution < -0.4 is 14.8 Å². The fourth-order valence-electron chi connectivity index (χ4n) is 2.27. The molecule has 1 aliphatic heterocycles. The lowest BCUT2D eigenvalue weighted by molar-refractivity contribution is -0.275. The molecule has 2 N–H and O–H groups in total. The molecule has 0 saturated carbocycles. The molecule has 2 rings (SSSR count). The molecular weight excluding hydrogens is 321 g/mol. The summed E-state index contributed by atoms with van der Waals surface area (Å²) >= 11 is 0. The van der Waals surface area contributed by atoms with Crippen molar-refractivity contribution in [2.24, 2.45) is 0 Å². The number of piperidine rings is 1. The minimum absolute atomic E-state index is 0.0146. The van der Waals surface area contributed by atoms with Crippen LogP contribution in [-0.4, -0.2) is 33.9 Å². The monoisotopic (exact) mass is 338 g/mol. The zero-order valence-electron chi connectivity index (χ0n) is 11.7. The number of ether oxygens (including phenoxy) is 1. The minimum atomic E-state index is -4.95. The van der Waals surface area contributed by atoms with Crippen LogP contribution in [0, 0.1) is 0 Å². The van der Waals surface area contributed by atoms with Crippen molar-refractivity contribution in [1.82, 2.24) is 10.0 Å². The molecule has 0 spiro atoms. The van der Waals surface area contributed by atoms with Gasteiger partial charge < -0.3 is 10.1 Å². The van der Waals surface area contributed by atoms with E-state index < -0.39 is 27.0 Å². The molecule has 124 valence electrons. The highest BCUT2D eigenvalue weighted by molar-refractivity contribution is 7.89. The first-order valence-electron chi connectivity index (χ1n) is 6.86. The van der Waals surface area contributed by atoms with Crippen LogP contribution in [0.5, 0.6) is 5.75 Å². The molecule has 1 saturated heterocycles. The van der Waals surface area contributed by atoms with E-state index in [9.17, 15) is 21.6 Å². The lowest BCUT2D eigenvalue weighted by atomic mass is 10.1. The lowest BCUT2D eigenvalue weighted by Gasteiger charge is -2.23. The van der Waals surface area contributed by atoms with Gasteiger partial charge in [-0.25, -0.2) is 13.1 Å². The van der Waals surface area contributed by atoms with Crippen LogP contribution in [-0.2, 0) is 10.0 Å². The van der Waals surface area contributed by atoms with Crippen LogP contribution in [0.2, 0.25) is 0 Å². The highest BCUT2D eigenvalue weighted by atomic mass is 32.2. The standard InChI is InChI=1S/C13H17F3N2O3S/c14-13(15,16)21-11-6-1-2-7-12(11)22(19,20)18-9-10-5-3-4-8-17-10/h1-2,6-7,10,17-18H,3-5,8-9H2. The largest absolute Gasteiger partial charge is 0.573 e. The van der Waals surface area contributed by atoms with Gasteiger partial charge >= 0.3 is 6.36 Å². The number of halogens is 3. The Morgan fingerprint density at radius 3 is 2.64 bits per heavy atom. The average molecular weight is 338 g/mol. The van der Waals surface area contributed by atoms with Crippen molar-refractivity contribution in [2.45, 2.75) is 36.6 Å². The number of rotatable bonds is 5. The second-order valence-electron chi connectivity index (χ2n) is 4.99. The summed E-state index contributed by atoms with van der Waals surface area (Å²) in [6, 6.07) is 4.66. The van der Waals surface area contributed by atoms with Crippen molar-refractivity contribution in [1.29, 1.82) is 0 Å². The van der Waals surface area contributed by atoms with Gasteiger partial charge in [0.25, 0.3) is 0 Å². The third kappa shape index (κ3) is 4.85.